The molecule has 0 saturated heterocycles. The van der Waals surface area contributed by atoms with Crippen LogP contribution in [0.25, 0.3) is 22.1 Å². The minimum atomic E-state index is -4.13. The topological polar surface area (TPSA) is 117 Å². The van der Waals surface area contributed by atoms with Crippen LogP contribution in [0.4, 0.5) is 5.69 Å². The number of ether oxygens (including phenoxy) is 2. The van der Waals surface area contributed by atoms with Gasteiger partial charge in [-0.25, -0.2) is 18.0 Å². The Labute approximate surface area is 189 Å². The number of benzene rings is 2. The molecule has 0 unspecified atom stereocenters. The molecule has 0 aliphatic carbocycles. The highest BCUT2D eigenvalue weighted by atomic mass is 32.2. The molecule has 0 radical (unpaired) electrons. The summed E-state index contributed by atoms with van der Waals surface area (Å²) in [7, 11) is -0.00349. The van der Waals surface area contributed by atoms with Crippen LogP contribution in [0.5, 0.6) is 5.75 Å². The van der Waals surface area contributed by atoms with Gasteiger partial charge >= 0.3 is 11.6 Å². The molecule has 2 aromatic carbocycles. The van der Waals surface area contributed by atoms with Crippen LogP contribution in [-0.2, 0) is 21.8 Å². The molecule has 0 aliphatic rings. The Morgan fingerprint density at radius 3 is 2.52 bits per heavy atom. The Balaban J connectivity index is 1.74. The fourth-order valence-electron chi connectivity index (χ4n) is 3.50. The molecule has 0 saturated carbocycles. The van der Waals surface area contributed by atoms with Crippen molar-refractivity contribution in [2.24, 2.45) is 7.05 Å². The lowest BCUT2D eigenvalue weighted by molar-refractivity contribution is 0.0585. The lowest BCUT2D eigenvalue weighted by Gasteiger charge is -2.13. The van der Waals surface area contributed by atoms with Gasteiger partial charge in [-0.3, -0.25) is 4.72 Å². The number of para-hydroxylation sites is 1. The molecule has 0 amide bonds. The monoisotopic (exact) mass is 468 g/mol. The molecule has 4 aromatic rings. The second kappa shape index (κ2) is 8.47. The Morgan fingerprint density at radius 1 is 1.03 bits per heavy atom. The van der Waals surface area contributed by atoms with Gasteiger partial charge in [0.2, 0.25) is 0 Å². The largest absolute Gasteiger partial charge is 0.496 e. The lowest BCUT2D eigenvalue weighted by atomic mass is 10.0. The maximum Gasteiger partial charge on any atom is 0.356 e. The second-order valence-corrected chi connectivity index (χ2v) is 8.79. The van der Waals surface area contributed by atoms with Crippen molar-refractivity contribution in [3.63, 3.8) is 0 Å². The molecule has 0 atom stereocenters. The number of anilines is 1. The Hall–Kier alpha value is -4.05. The molecule has 0 bridgehead atoms. The van der Waals surface area contributed by atoms with Crippen LogP contribution in [0, 0.1) is 0 Å². The zero-order chi connectivity index (χ0) is 23.8. The van der Waals surface area contributed by atoms with Crippen LogP contribution in [-0.4, -0.2) is 33.2 Å². The van der Waals surface area contributed by atoms with Crippen LogP contribution in [0.3, 0.4) is 0 Å². The van der Waals surface area contributed by atoms with E-state index in [-0.39, 0.29) is 27.6 Å². The number of esters is 1. The number of nitrogens with zero attached hydrogens (tertiary/aromatic N) is 1. The highest BCUT2D eigenvalue weighted by Crippen LogP contribution is 2.33. The zero-order valence-electron chi connectivity index (χ0n) is 18.0. The minimum Gasteiger partial charge on any atom is -0.496 e. The summed E-state index contributed by atoms with van der Waals surface area (Å²) in [6, 6.07) is 14.6. The van der Waals surface area contributed by atoms with Crippen molar-refractivity contribution in [2.75, 3.05) is 18.9 Å². The summed E-state index contributed by atoms with van der Waals surface area (Å²) in [6.45, 7) is 0. The average molecular weight is 468 g/mol. The van der Waals surface area contributed by atoms with E-state index in [0.29, 0.717) is 11.1 Å². The molecule has 10 heteroatoms. The molecular weight excluding hydrogens is 448 g/mol. The van der Waals surface area contributed by atoms with Crippen molar-refractivity contribution in [2.45, 2.75) is 4.90 Å². The summed E-state index contributed by atoms with van der Waals surface area (Å²) >= 11 is 0. The van der Waals surface area contributed by atoms with Gasteiger partial charge in [0.05, 0.1) is 25.5 Å². The van der Waals surface area contributed by atoms with Gasteiger partial charge in [-0.15, -0.1) is 0 Å². The molecule has 0 fully saturated rings. The van der Waals surface area contributed by atoms with Crippen molar-refractivity contribution >= 4 is 32.6 Å². The minimum absolute atomic E-state index is 0.109. The number of aryl methyl sites for hydroxylation is 1. The van der Waals surface area contributed by atoms with Crippen LogP contribution < -0.4 is 15.1 Å². The Kier molecular flexibility index (Phi) is 5.69. The van der Waals surface area contributed by atoms with Gasteiger partial charge < -0.3 is 18.5 Å². The summed E-state index contributed by atoms with van der Waals surface area (Å²) in [5.74, 6) is -0.516. The number of sulfonamides is 1. The van der Waals surface area contributed by atoms with E-state index in [1.165, 1.54) is 50.2 Å². The van der Waals surface area contributed by atoms with E-state index in [4.69, 9.17) is 13.9 Å². The highest BCUT2D eigenvalue weighted by molar-refractivity contribution is 7.92. The quantitative estimate of drug-likeness (QED) is 0.340. The summed E-state index contributed by atoms with van der Waals surface area (Å²) in [6.07, 6.45) is 1.45. The number of methoxy groups -OCH3 is 2. The number of aromatic nitrogens is 1. The van der Waals surface area contributed by atoms with Crippen molar-refractivity contribution < 1.29 is 27.1 Å². The van der Waals surface area contributed by atoms with E-state index >= 15 is 0 Å². The average Bonchev–Trinajstić information content (AvgIpc) is 3.20. The van der Waals surface area contributed by atoms with Gasteiger partial charge in [-0.1, -0.05) is 18.2 Å². The van der Waals surface area contributed by atoms with Crippen molar-refractivity contribution in [3.05, 3.63) is 76.9 Å². The fraction of sp³-hybridized carbons (Fsp3) is 0.130. The van der Waals surface area contributed by atoms with Gasteiger partial charge in [-0.05, 0) is 30.3 Å². The molecule has 2 aromatic heterocycles. The van der Waals surface area contributed by atoms with Gasteiger partial charge in [0.15, 0.2) is 0 Å². The standard InChI is InChI=1S/C23H20N2O7S/c1-25-11-10-20(21(25)23(27)31-3)33(28,29)24-15-8-9-16(19(13-15)30-2)17-12-14-6-4-5-7-18(14)32-22(17)26/h4-13,24H,1-3H3. The Bertz CT molecular complexity index is 1530. The normalized spacial score (nSPS) is 11.4. The van der Waals surface area contributed by atoms with E-state index in [9.17, 15) is 18.0 Å². The summed E-state index contributed by atoms with van der Waals surface area (Å²) in [5.41, 5.74) is 0.694. The smallest absolute Gasteiger partial charge is 0.356 e. The zero-order valence-corrected chi connectivity index (χ0v) is 18.8. The molecule has 1 N–H and O–H groups in total. The fourth-order valence-corrected chi connectivity index (χ4v) is 4.77. The molecule has 0 aliphatic heterocycles. The molecule has 0 spiro atoms. The van der Waals surface area contributed by atoms with Crippen LogP contribution in [0.1, 0.15) is 10.5 Å². The summed E-state index contributed by atoms with van der Waals surface area (Å²) < 4.78 is 45.3. The van der Waals surface area contributed by atoms with Crippen LogP contribution in [0.15, 0.2) is 74.9 Å². The van der Waals surface area contributed by atoms with Crippen LogP contribution >= 0.6 is 0 Å². The first-order valence-electron chi connectivity index (χ1n) is 9.73. The highest BCUT2D eigenvalue weighted by Gasteiger charge is 2.27. The molecule has 2 heterocycles. The number of rotatable bonds is 6. The van der Waals surface area contributed by atoms with Crippen molar-refractivity contribution in [1.29, 1.82) is 0 Å². The predicted octanol–water partition coefficient (Wildman–Crippen LogP) is 3.39. The maximum absolute atomic E-state index is 13.0. The molecule has 33 heavy (non-hydrogen) atoms. The molecular formula is C23H20N2O7S. The molecule has 170 valence electrons. The van der Waals surface area contributed by atoms with E-state index in [1.807, 2.05) is 12.1 Å². The van der Waals surface area contributed by atoms with Crippen molar-refractivity contribution in [1.82, 2.24) is 4.57 Å². The Morgan fingerprint density at radius 2 is 1.79 bits per heavy atom. The number of nitrogens with one attached hydrogen (secondary N) is 1. The van der Waals surface area contributed by atoms with E-state index in [2.05, 4.69) is 4.72 Å². The first-order chi connectivity index (χ1) is 15.7. The second-order valence-electron chi connectivity index (χ2n) is 7.14. The SMILES string of the molecule is COC(=O)c1c(S(=O)(=O)Nc2ccc(-c3cc4ccccc4oc3=O)c(OC)c2)ccn1C. The number of carbonyl (C=O) groups excluding carboxylic acids is 1. The third-order valence-corrected chi connectivity index (χ3v) is 6.50. The molecule has 4 rings (SSSR count). The lowest BCUT2D eigenvalue weighted by Crippen LogP contribution is -2.18. The first kappa shape index (κ1) is 22.2. The number of carbonyl (C=O) groups is 1. The molecule has 9 nitrogen and oxygen atoms in total. The number of hydrogen-bond acceptors (Lipinski definition) is 7. The van der Waals surface area contributed by atoms with E-state index in [0.717, 1.165) is 5.39 Å². The van der Waals surface area contributed by atoms with E-state index < -0.39 is 21.6 Å². The van der Waals surface area contributed by atoms with E-state index in [1.54, 1.807) is 24.3 Å². The van der Waals surface area contributed by atoms with Gasteiger partial charge in [0.1, 0.15) is 21.9 Å². The third-order valence-electron chi connectivity index (χ3n) is 5.09. The predicted molar refractivity (Wildman–Crippen MR) is 122 cm³/mol. The third kappa shape index (κ3) is 4.08. The van der Waals surface area contributed by atoms with Crippen molar-refractivity contribution in [3.8, 4) is 16.9 Å². The van der Waals surface area contributed by atoms with Gasteiger partial charge in [0, 0.05) is 30.3 Å². The number of fused-ring (bicyclic) bond motifs is 1. The van der Waals surface area contributed by atoms with Gasteiger partial charge in [-0.2, -0.15) is 0 Å². The maximum atomic E-state index is 13.0. The number of hydrogen-bond donors (Lipinski definition) is 1. The summed E-state index contributed by atoms with van der Waals surface area (Å²) in [4.78, 5) is 24.4. The first-order valence-corrected chi connectivity index (χ1v) is 11.2. The van der Waals surface area contributed by atoms with Gasteiger partial charge in [0.25, 0.3) is 10.0 Å². The summed E-state index contributed by atoms with van der Waals surface area (Å²) in [5, 5.41) is 0.735. The van der Waals surface area contributed by atoms with Crippen LogP contribution in [0.2, 0.25) is 0 Å².